The molecule has 0 unspecified atom stereocenters. The van der Waals surface area contributed by atoms with Gasteiger partial charge < -0.3 is 25.5 Å². The van der Waals surface area contributed by atoms with E-state index < -0.39 is 6.10 Å². The molecule has 0 aliphatic heterocycles. The second-order valence-electron chi connectivity index (χ2n) is 10.7. The fourth-order valence-corrected chi connectivity index (χ4v) is 5.16. The van der Waals surface area contributed by atoms with Gasteiger partial charge in [-0.3, -0.25) is 9.59 Å². The molecule has 2 aliphatic carbocycles. The summed E-state index contributed by atoms with van der Waals surface area (Å²) in [4.78, 5) is 37.7. The maximum atomic E-state index is 13.4. The zero-order chi connectivity index (χ0) is 26.8. The maximum Gasteiger partial charge on any atom is 0.255 e. The van der Waals surface area contributed by atoms with E-state index in [0.29, 0.717) is 23.6 Å². The molecule has 202 valence electrons. The first kappa shape index (κ1) is 26.2. The number of amides is 2. The third-order valence-corrected chi connectivity index (χ3v) is 7.67. The Bertz CT molecular complexity index is 1320. The lowest BCUT2D eigenvalue weighted by Gasteiger charge is -2.30. The van der Waals surface area contributed by atoms with Gasteiger partial charge in [0.2, 0.25) is 5.91 Å². The molecule has 3 aromatic rings. The first-order valence-corrected chi connectivity index (χ1v) is 13.7. The van der Waals surface area contributed by atoms with Gasteiger partial charge in [0.25, 0.3) is 5.91 Å². The van der Waals surface area contributed by atoms with Crippen LogP contribution in [0.15, 0.2) is 24.5 Å². The van der Waals surface area contributed by atoms with Crippen LogP contribution in [0.2, 0.25) is 0 Å². The molecule has 4 N–H and O–H groups in total. The zero-order valence-corrected chi connectivity index (χ0v) is 22.3. The summed E-state index contributed by atoms with van der Waals surface area (Å²) in [6, 6.07) is 6.26. The van der Waals surface area contributed by atoms with E-state index in [1.54, 1.807) is 0 Å². The Morgan fingerprint density at radius 1 is 1.11 bits per heavy atom. The number of aromatic nitrogens is 3. The van der Waals surface area contributed by atoms with Gasteiger partial charge in [-0.15, -0.1) is 0 Å². The van der Waals surface area contributed by atoms with Crippen molar-refractivity contribution < 1.29 is 19.4 Å². The van der Waals surface area contributed by atoms with Crippen molar-refractivity contribution in [1.82, 2.24) is 25.6 Å². The van der Waals surface area contributed by atoms with Gasteiger partial charge >= 0.3 is 0 Å². The number of hydrogen-bond donors (Lipinski definition) is 4. The van der Waals surface area contributed by atoms with Crippen LogP contribution in [0.3, 0.4) is 0 Å². The molecule has 9 heteroatoms. The minimum atomic E-state index is -1.02. The first-order chi connectivity index (χ1) is 18.3. The summed E-state index contributed by atoms with van der Waals surface area (Å²) < 4.78 is 6.20. The molecule has 2 saturated carbocycles. The quantitative estimate of drug-likeness (QED) is 0.340. The average molecular weight is 520 g/mol. The lowest BCUT2D eigenvalue weighted by molar-refractivity contribution is -0.129. The largest absolute Gasteiger partial charge is 0.493 e. The summed E-state index contributed by atoms with van der Waals surface area (Å²) >= 11 is 0. The molecular weight excluding hydrogens is 482 g/mol. The number of aliphatic hydroxyl groups excluding tert-OH is 1. The zero-order valence-electron chi connectivity index (χ0n) is 22.3. The van der Waals surface area contributed by atoms with Crippen molar-refractivity contribution in [1.29, 1.82) is 0 Å². The Hall–Kier alpha value is -3.46. The number of aryl methyl sites for hydroxylation is 2. The van der Waals surface area contributed by atoms with Crippen LogP contribution in [0.1, 0.15) is 74.0 Å². The van der Waals surface area contributed by atoms with E-state index >= 15 is 0 Å². The molecule has 2 heterocycles. The van der Waals surface area contributed by atoms with Gasteiger partial charge in [0.1, 0.15) is 29.4 Å². The second kappa shape index (κ2) is 11.1. The number of aliphatic hydroxyl groups is 1. The van der Waals surface area contributed by atoms with E-state index in [-0.39, 0.29) is 23.9 Å². The van der Waals surface area contributed by atoms with Crippen molar-refractivity contribution in [3.05, 3.63) is 41.3 Å². The first-order valence-electron chi connectivity index (χ1n) is 13.7. The van der Waals surface area contributed by atoms with Crippen LogP contribution in [0.25, 0.3) is 22.3 Å². The lowest BCUT2D eigenvalue weighted by Crippen LogP contribution is -2.46. The van der Waals surface area contributed by atoms with Crippen molar-refractivity contribution in [3.8, 4) is 17.0 Å². The summed E-state index contributed by atoms with van der Waals surface area (Å²) in [5.41, 5.74) is 5.41. The highest BCUT2D eigenvalue weighted by Gasteiger charge is 2.28. The van der Waals surface area contributed by atoms with Crippen LogP contribution >= 0.6 is 0 Å². The Balaban J connectivity index is 1.36. The van der Waals surface area contributed by atoms with E-state index in [9.17, 15) is 14.7 Å². The van der Waals surface area contributed by atoms with Crippen LogP contribution in [0.4, 0.5) is 0 Å². The number of nitrogens with zero attached hydrogens (tertiary/aromatic N) is 2. The molecule has 0 saturated heterocycles. The van der Waals surface area contributed by atoms with E-state index in [2.05, 4.69) is 44.6 Å². The number of aromatic amines is 1. The highest BCUT2D eigenvalue weighted by molar-refractivity contribution is 6.09. The summed E-state index contributed by atoms with van der Waals surface area (Å²) in [5, 5.41) is 15.5. The molecule has 2 amide bonds. The Morgan fingerprint density at radius 3 is 2.47 bits per heavy atom. The average Bonchev–Trinajstić information content (AvgIpc) is 3.67. The number of rotatable bonds is 9. The van der Waals surface area contributed by atoms with Crippen LogP contribution < -0.4 is 15.4 Å². The topological polar surface area (TPSA) is 129 Å². The molecule has 1 aromatic carbocycles. The summed E-state index contributed by atoms with van der Waals surface area (Å²) in [5.74, 6) is 0.911. The highest BCUT2D eigenvalue weighted by Crippen LogP contribution is 2.37. The third-order valence-electron chi connectivity index (χ3n) is 7.67. The second-order valence-corrected chi connectivity index (χ2v) is 10.7. The van der Waals surface area contributed by atoms with Gasteiger partial charge in [0.15, 0.2) is 0 Å². The summed E-state index contributed by atoms with van der Waals surface area (Å²) in [7, 11) is 0. The maximum absolute atomic E-state index is 13.4. The standard InChI is InChI=1S/C29H37N5O4/c1-4-18-7-12-23(38-14-19-5-6-19)22(13-18)25-27-26(31-15-30-25)24(16(2)32-27)29(37)34-21-10-8-20(9-11-21)33-28(36)17(3)35/h7,12-13,15,17,19-21,32,35H,4-6,8-11,14H2,1-3H3,(H,33,36)(H,34,37)/t17-,20?,21?/m0/s1. The van der Waals surface area contributed by atoms with Crippen molar-refractivity contribution in [3.63, 3.8) is 0 Å². The van der Waals surface area contributed by atoms with Gasteiger partial charge in [-0.1, -0.05) is 13.0 Å². The van der Waals surface area contributed by atoms with Gasteiger partial charge in [0.05, 0.1) is 17.7 Å². The smallest absolute Gasteiger partial charge is 0.255 e. The SMILES string of the molecule is CCc1ccc(OCC2CC2)c(-c2ncnc3c(C(=O)NC4CCC(NC(=O)[C@H](C)O)CC4)c(C)[nH]c23)c1. The van der Waals surface area contributed by atoms with Crippen molar-refractivity contribution >= 4 is 22.8 Å². The lowest BCUT2D eigenvalue weighted by atomic mass is 9.90. The molecule has 1 atom stereocenters. The van der Waals surface area contributed by atoms with E-state index in [1.807, 2.05) is 13.0 Å². The molecule has 0 spiro atoms. The van der Waals surface area contributed by atoms with E-state index in [1.165, 1.54) is 31.7 Å². The van der Waals surface area contributed by atoms with Crippen LogP contribution in [0.5, 0.6) is 5.75 Å². The molecule has 0 bridgehead atoms. The monoisotopic (exact) mass is 519 g/mol. The normalized spacial score (nSPS) is 20.2. The molecule has 38 heavy (non-hydrogen) atoms. The molecular formula is C29H37N5O4. The molecule has 2 aromatic heterocycles. The third kappa shape index (κ3) is 5.67. The number of fused-ring (bicyclic) bond motifs is 1. The van der Waals surface area contributed by atoms with E-state index in [4.69, 9.17) is 4.74 Å². The van der Waals surface area contributed by atoms with Gasteiger partial charge in [-0.25, -0.2) is 9.97 Å². The Labute approximate surface area is 222 Å². The number of nitrogens with one attached hydrogen (secondary N) is 3. The predicted molar refractivity (Wildman–Crippen MR) is 145 cm³/mol. The molecule has 0 radical (unpaired) electrons. The Kier molecular flexibility index (Phi) is 7.65. The van der Waals surface area contributed by atoms with Crippen molar-refractivity contribution in [2.24, 2.45) is 5.92 Å². The number of carbonyl (C=O) groups is 2. The number of ether oxygens (including phenoxy) is 1. The summed E-state index contributed by atoms with van der Waals surface area (Å²) in [6.45, 7) is 6.17. The molecule has 2 fully saturated rings. The van der Waals surface area contributed by atoms with Gasteiger partial charge in [0, 0.05) is 23.3 Å². The van der Waals surface area contributed by atoms with Crippen LogP contribution in [-0.2, 0) is 11.2 Å². The van der Waals surface area contributed by atoms with Crippen molar-refractivity contribution in [2.45, 2.75) is 83.9 Å². The molecule has 5 rings (SSSR count). The molecule has 9 nitrogen and oxygen atoms in total. The van der Waals surface area contributed by atoms with Crippen LogP contribution in [-0.4, -0.2) is 56.7 Å². The number of H-pyrrole nitrogens is 1. The van der Waals surface area contributed by atoms with Gasteiger partial charge in [-0.2, -0.15) is 0 Å². The number of benzene rings is 1. The fourth-order valence-electron chi connectivity index (χ4n) is 5.16. The van der Waals surface area contributed by atoms with Crippen molar-refractivity contribution in [2.75, 3.05) is 6.61 Å². The summed E-state index contributed by atoms with van der Waals surface area (Å²) in [6.07, 6.45) is 6.83. The highest BCUT2D eigenvalue weighted by atomic mass is 16.5. The minimum Gasteiger partial charge on any atom is -0.493 e. The van der Waals surface area contributed by atoms with E-state index in [0.717, 1.165) is 60.3 Å². The Morgan fingerprint density at radius 2 is 1.82 bits per heavy atom. The van der Waals surface area contributed by atoms with Crippen LogP contribution in [0, 0.1) is 12.8 Å². The number of hydrogen-bond acceptors (Lipinski definition) is 6. The van der Waals surface area contributed by atoms with Gasteiger partial charge in [-0.05, 0) is 82.4 Å². The molecule has 2 aliphatic rings. The fraction of sp³-hybridized carbons (Fsp3) is 0.517. The minimum absolute atomic E-state index is 0.0107. The predicted octanol–water partition coefficient (Wildman–Crippen LogP) is 3.82. The number of carbonyl (C=O) groups excluding carboxylic acids is 2.